The van der Waals surface area contributed by atoms with Gasteiger partial charge in [-0.05, 0) is 61.4 Å². The Hall–Kier alpha value is -2.06. The van der Waals surface area contributed by atoms with Gasteiger partial charge in [-0.1, -0.05) is 6.07 Å². The van der Waals surface area contributed by atoms with E-state index in [-0.39, 0.29) is 17.9 Å². The largest absolute Gasteiger partial charge is 0.497 e. The summed E-state index contributed by atoms with van der Waals surface area (Å²) in [6.07, 6.45) is 5.35. The van der Waals surface area contributed by atoms with E-state index in [4.69, 9.17) is 10.00 Å². The van der Waals surface area contributed by atoms with Gasteiger partial charge >= 0.3 is 0 Å². The van der Waals surface area contributed by atoms with Crippen LogP contribution in [-0.2, 0) is 16.6 Å². The molecule has 3 fully saturated rings. The third kappa shape index (κ3) is 2.65. The molecular formula is C22H27N3O2. The molecule has 1 aromatic rings. The van der Waals surface area contributed by atoms with Crippen molar-refractivity contribution in [3.63, 3.8) is 0 Å². The van der Waals surface area contributed by atoms with Gasteiger partial charge in [0.1, 0.15) is 12.3 Å². The Balaban J connectivity index is 1.57. The van der Waals surface area contributed by atoms with Crippen LogP contribution in [0.4, 0.5) is 0 Å². The molecule has 0 N–H and O–H groups in total. The molecule has 5 rings (SSSR count). The first-order chi connectivity index (χ1) is 13.1. The molecular weight excluding hydrogens is 338 g/mol. The standard InChI is InChI=1S/C22H27N3O2/c1-27-17-5-4-16-10-20-19-14-25(9-7-23)21(26)12-22(19,18(16)11-17)6-8-24(20)13-15-2-3-15/h4-5,11,15,19-20H,2-3,6,8-10,12-14H2,1H3/t19-,20+,22+/m0/s1. The number of hydrogen-bond acceptors (Lipinski definition) is 4. The number of hydrogen-bond donors (Lipinski definition) is 0. The quantitative estimate of drug-likeness (QED) is 0.769. The smallest absolute Gasteiger partial charge is 0.224 e. The van der Waals surface area contributed by atoms with E-state index in [1.807, 2.05) is 0 Å². The average Bonchev–Trinajstić information content (AvgIpc) is 3.49. The molecule has 27 heavy (non-hydrogen) atoms. The number of rotatable bonds is 4. The zero-order chi connectivity index (χ0) is 18.6. The van der Waals surface area contributed by atoms with Crippen molar-refractivity contribution in [3.8, 4) is 11.8 Å². The van der Waals surface area contributed by atoms with Crippen LogP contribution in [0.15, 0.2) is 18.2 Å². The second-order valence-electron chi connectivity index (χ2n) is 8.85. The highest BCUT2D eigenvalue weighted by atomic mass is 16.5. The van der Waals surface area contributed by atoms with Crippen LogP contribution in [0, 0.1) is 23.2 Å². The topological polar surface area (TPSA) is 56.6 Å². The van der Waals surface area contributed by atoms with Gasteiger partial charge in [0.25, 0.3) is 0 Å². The van der Waals surface area contributed by atoms with E-state index in [1.165, 1.54) is 30.5 Å². The number of amides is 1. The summed E-state index contributed by atoms with van der Waals surface area (Å²) in [5, 5.41) is 9.17. The summed E-state index contributed by atoms with van der Waals surface area (Å²) in [5.41, 5.74) is 2.63. The van der Waals surface area contributed by atoms with Crippen LogP contribution in [-0.4, -0.2) is 55.0 Å². The predicted octanol–water partition coefficient (Wildman–Crippen LogP) is 2.35. The minimum atomic E-state index is -0.0874. The normalized spacial score (nSPS) is 32.4. The number of carbonyl (C=O) groups excluding carboxylic acids is 1. The fraction of sp³-hybridized carbons (Fsp3) is 0.636. The van der Waals surface area contributed by atoms with Gasteiger partial charge in [0.05, 0.1) is 13.2 Å². The summed E-state index contributed by atoms with van der Waals surface area (Å²) in [5.74, 6) is 2.30. The SMILES string of the molecule is COc1ccc2c(c1)[C@]13CCN(CC4CC4)[C@H](C2)[C@@H]1CN(CC#N)C(=O)C3. The van der Waals surface area contributed by atoms with Gasteiger partial charge < -0.3 is 9.64 Å². The van der Waals surface area contributed by atoms with Crippen molar-refractivity contribution in [1.29, 1.82) is 5.26 Å². The van der Waals surface area contributed by atoms with Crippen LogP contribution in [0.2, 0.25) is 0 Å². The van der Waals surface area contributed by atoms with E-state index >= 15 is 0 Å². The second kappa shape index (κ2) is 6.24. The molecule has 2 aliphatic heterocycles. The monoisotopic (exact) mass is 365 g/mol. The molecule has 142 valence electrons. The minimum absolute atomic E-state index is 0.0874. The number of likely N-dealkylation sites (tertiary alicyclic amines) is 2. The highest BCUT2D eigenvalue weighted by Crippen LogP contribution is 2.54. The Kier molecular flexibility index (Phi) is 3.94. The lowest BCUT2D eigenvalue weighted by Crippen LogP contribution is -2.66. The van der Waals surface area contributed by atoms with E-state index in [9.17, 15) is 4.79 Å². The summed E-state index contributed by atoms with van der Waals surface area (Å²) in [6, 6.07) is 9.13. The Morgan fingerprint density at radius 3 is 2.96 bits per heavy atom. The van der Waals surface area contributed by atoms with Gasteiger partial charge in [0, 0.05) is 36.9 Å². The van der Waals surface area contributed by atoms with Crippen LogP contribution in [0.5, 0.6) is 5.75 Å². The fourth-order valence-corrected chi connectivity index (χ4v) is 5.90. The summed E-state index contributed by atoms with van der Waals surface area (Å²) >= 11 is 0. The van der Waals surface area contributed by atoms with Crippen molar-refractivity contribution in [3.05, 3.63) is 29.3 Å². The van der Waals surface area contributed by atoms with Crippen LogP contribution in [0.25, 0.3) is 0 Å². The van der Waals surface area contributed by atoms with Crippen LogP contribution >= 0.6 is 0 Å². The molecule has 0 radical (unpaired) electrons. The predicted molar refractivity (Wildman–Crippen MR) is 101 cm³/mol. The van der Waals surface area contributed by atoms with Crippen molar-refractivity contribution in [2.24, 2.45) is 11.8 Å². The minimum Gasteiger partial charge on any atom is -0.497 e. The molecule has 0 aromatic heterocycles. The Bertz CT molecular complexity index is 812. The molecule has 1 aromatic carbocycles. The van der Waals surface area contributed by atoms with Crippen LogP contribution in [0.3, 0.4) is 0 Å². The maximum atomic E-state index is 12.9. The lowest BCUT2D eigenvalue weighted by Gasteiger charge is -2.60. The van der Waals surface area contributed by atoms with E-state index < -0.39 is 0 Å². The lowest BCUT2D eigenvalue weighted by molar-refractivity contribution is -0.143. The average molecular weight is 365 g/mol. The van der Waals surface area contributed by atoms with Crippen molar-refractivity contribution < 1.29 is 9.53 Å². The number of ether oxygens (including phenoxy) is 1. The molecule has 0 unspecified atom stereocenters. The zero-order valence-electron chi connectivity index (χ0n) is 16.0. The molecule has 2 saturated heterocycles. The third-order valence-corrected chi connectivity index (χ3v) is 7.46. The van der Waals surface area contributed by atoms with E-state index in [0.717, 1.165) is 37.6 Å². The summed E-state index contributed by atoms with van der Waals surface area (Å²) in [6.45, 7) is 3.22. The van der Waals surface area contributed by atoms with Crippen LogP contribution in [0.1, 0.15) is 36.8 Å². The Morgan fingerprint density at radius 2 is 2.22 bits per heavy atom. The molecule has 2 bridgehead atoms. The number of piperidine rings is 2. The lowest BCUT2D eigenvalue weighted by atomic mass is 9.54. The third-order valence-electron chi connectivity index (χ3n) is 7.46. The number of methoxy groups -OCH3 is 1. The highest BCUT2D eigenvalue weighted by Gasteiger charge is 2.57. The van der Waals surface area contributed by atoms with Crippen LogP contribution < -0.4 is 4.74 Å². The van der Waals surface area contributed by atoms with Gasteiger partial charge in [0.2, 0.25) is 5.91 Å². The van der Waals surface area contributed by atoms with Crippen molar-refractivity contribution in [2.45, 2.75) is 43.6 Å². The molecule has 1 amide bonds. The van der Waals surface area contributed by atoms with Gasteiger partial charge in [0.15, 0.2) is 0 Å². The molecule has 1 saturated carbocycles. The number of fused-ring (bicyclic) bond motifs is 1. The Labute approximate surface area is 160 Å². The first-order valence-corrected chi connectivity index (χ1v) is 10.2. The maximum Gasteiger partial charge on any atom is 0.224 e. The fourth-order valence-electron chi connectivity index (χ4n) is 5.90. The first kappa shape index (κ1) is 17.1. The summed E-state index contributed by atoms with van der Waals surface area (Å²) < 4.78 is 5.51. The molecule has 4 aliphatic rings. The molecule has 2 aliphatic carbocycles. The number of nitriles is 1. The maximum absolute atomic E-state index is 12.9. The second-order valence-corrected chi connectivity index (χ2v) is 8.85. The first-order valence-electron chi connectivity index (χ1n) is 10.2. The van der Waals surface area contributed by atoms with Crippen molar-refractivity contribution >= 4 is 5.91 Å². The molecule has 3 atom stereocenters. The van der Waals surface area contributed by atoms with Gasteiger partial charge in [-0.2, -0.15) is 5.26 Å². The van der Waals surface area contributed by atoms with E-state index in [2.05, 4.69) is 29.2 Å². The highest BCUT2D eigenvalue weighted by molar-refractivity contribution is 5.80. The summed E-state index contributed by atoms with van der Waals surface area (Å²) in [7, 11) is 1.71. The summed E-state index contributed by atoms with van der Waals surface area (Å²) in [4.78, 5) is 17.4. The van der Waals surface area contributed by atoms with Gasteiger partial charge in [-0.25, -0.2) is 0 Å². The van der Waals surface area contributed by atoms with Crippen molar-refractivity contribution in [2.75, 3.05) is 33.3 Å². The molecule has 0 spiro atoms. The molecule has 2 heterocycles. The van der Waals surface area contributed by atoms with Gasteiger partial charge in [-0.3, -0.25) is 9.69 Å². The van der Waals surface area contributed by atoms with Crippen molar-refractivity contribution in [1.82, 2.24) is 9.80 Å². The van der Waals surface area contributed by atoms with Gasteiger partial charge in [-0.15, -0.1) is 0 Å². The number of nitrogens with zero attached hydrogens (tertiary/aromatic N) is 3. The Morgan fingerprint density at radius 1 is 1.37 bits per heavy atom. The van der Waals surface area contributed by atoms with E-state index in [1.54, 1.807) is 12.0 Å². The zero-order valence-corrected chi connectivity index (χ0v) is 16.0. The molecule has 5 nitrogen and oxygen atoms in total. The number of carbonyl (C=O) groups is 1. The molecule has 5 heteroatoms. The number of benzene rings is 1. The van der Waals surface area contributed by atoms with E-state index in [0.29, 0.717) is 18.4 Å².